The number of rotatable bonds is 6. The second-order valence-corrected chi connectivity index (χ2v) is 14.5. The average Bonchev–Trinajstić information content (AvgIpc) is 3.85. The molecule has 2 aliphatic carbocycles. The Morgan fingerprint density at radius 2 is 1.13 bits per heavy atom. The van der Waals surface area contributed by atoms with Gasteiger partial charge >= 0.3 is 0 Å². The van der Waals surface area contributed by atoms with E-state index in [-0.39, 0.29) is 23.9 Å². The molecule has 10 nitrogen and oxygen atoms in total. The molecule has 6 N–H and O–H groups in total. The van der Waals surface area contributed by atoms with E-state index in [0.717, 1.165) is 61.3 Å². The van der Waals surface area contributed by atoms with Crippen LogP contribution in [0.5, 0.6) is 0 Å². The van der Waals surface area contributed by atoms with Gasteiger partial charge in [-0.3, -0.25) is 9.59 Å². The van der Waals surface area contributed by atoms with Gasteiger partial charge in [0.1, 0.15) is 0 Å². The van der Waals surface area contributed by atoms with Crippen molar-refractivity contribution in [3.05, 3.63) is 153 Å². The van der Waals surface area contributed by atoms with Gasteiger partial charge in [0.2, 0.25) is 0 Å². The third-order valence-electron chi connectivity index (χ3n) is 9.62. The molecular formula is C41H40Cl2N8O2. The molecule has 2 aliphatic rings. The van der Waals surface area contributed by atoms with Crippen LogP contribution in [-0.2, 0) is 25.7 Å². The van der Waals surface area contributed by atoms with Crippen LogP contribution < -0.4 is 22.1 Å². The summed E-state index contributed by atoms with van der Waals surface area (Å²) in [7, 11) is 0. The highest BCUT2D eigenvalue weighted by Gasteiger charge is 2.18. The highest BCUT2D eigenvalue weighted by Crippen LogP contribution is 2.27. The Labute approximate surface area is 318 Å². The largest absolute Gasteiger partial charge is 0.327 e. The first-order valence-electron chi connectivity index (χ1n) is 17.6. The van der Waals surface area contributed by atoms with Gasteiger partial charge < -0.3 is 22.1 Å². The molecule has 0 aliphatic heterocycles. The number of aromatic nitrogens is 4. The lowest BCUT2D eigenvalue weighted by atomic mass is 9.88. The maximum Gasteiger partial charge on any atom is 0.258 e. The van der Waals surface area contributed by atoms with Gasteiger partial charge in [0.25, 0.3) is 11.8 Å². The molecule has 2 atom stereocenters. The van der Waals surface area contributed by atoms with E-state index in [2.05, 4.69) is 33.0 Å². The van der Waals surface area contributed by atoms with Crippen LogP contribution in [0.1, 0.15) is 61.4 Å². The van der Waals surface area contributed by atoms with Crippen molar-refractivity contribution in [1.29, 1.82) is 0 Å². The van der Waals surface area contributed by atoms with Crippen molar-refractivity contribution >= 4 is 46.4 Å². The summed E-state index contributed by atoms with van der Waals surface area (Å²) in [6, 6.07) is 25.7. The van der Waals surface area contributed by atoms with E-state index in [9.17, 15) is 9.59 Å². The van der Waals surface area contributed by atoms with E-state index >= 15 is 0 Å². The third kappa shape index (κ3) is 8.69. The van der Waals surface area contributed by atoms with Crippen LogP contribution in [0.15, 0.2) is 104 Å². The van der Waals surface area contributed by atoms with Crippen molar-refractivity contribution in [2.75, 3.05) is 10.6 Å². The summed E-state index contributed by atoms with van der Waals surface area (Å²) >= 11 is 12.0. The number of benzene rings is 4. The number of halogens is 2. The molecule has 8 rings (SSSR count). The molecule has 12 heteroatoms. The van der Waals surface area contributed by atoms with E-state index in [1.165, 1.54) is 34.0 Å². The van der Waals surface area contributed by atoms with Crippen LogP contribution in [0.3, 0.4) is 0 Å². The standard InChI is InChI=1S/C21H22N4O.C20H18Cl2N4O/c1-14-2-8-20(9-3-14)25-13-17(12-23-25)21(26)24-19-7-5-15-10-18(22)6-4-16(15)11-19;21-18-6-5-17(9-19(18)22)26-11-14(10-24-26)20(27)25-16-4-2-12-7-15(23)3-1-13(12)8-16/h2-3,5,7-9,11-13,18H,4,6,10,22H2,1H3,(H,24,26);2,4-6,8-11,15H,1,3,7,23H2,(H,25,27)/t18-;15-/m00/s1. The summed E-state index contributed by atoms with van der Waals surface area (Å²) < 4.78 is 3.30. The van der Waals surface area contributed by atoms with Gasteiger partial charge in [0.15, 0.2) is 0 Å². The highest BCUT2D eigenvalue weighted by molar-refractivity contribution is 6.42. The number of nitrogens with one attached hydrogen (secondary N) is 2. The fraction of sp³-hybridized carbons (Fsp3) is 0.220. The Balaban J connectivity index is 0.000000164. The number of fused-ring (bicyclic) bond motifs is 2. The number of nitrogens with zero attached hydrogens (tertiary/aromatic N) is 4. The zero-order valence-corrected chi connectivity index (χ0v) is 30.7. The predicted octanol–water partition coefficient (Wildman–Crippen LogP) is 7.50. The first kappa shape index (κ1) is 36.1. The first-order valence-corrected chi connectivity index (χ1v) is 18.3. The molecule has 0 spiro atoms. The highest BCUT2D eigenvalue weighted by atomic mass is 35.5. The van der Waals surface area contributed by atoms with Gasteiger partial charge in [0.05, 0.1) is 44.9 Å². The number of carbonyl (C=O) groups excluding carboxylic acids is 2. The molecule has 4 aromatic carbocycles. The quantitative estimate of drug-likeness (QED) is 0.139. The molecule has 6 aromatic rings. The minimum absolute atomic E-state index is 0.157. The number of aryl methyl sites for hydroxylation is 3. The van der Waals surface area contributed by atoms with E-state index in [4.69, 9.17) is 34.7 Å². The van der Waals surface area contributed by atoms with Crippen molar-refractivity contribution in [2.24, 2.45) is 11.5 Å². The minimum Gasteiger partial charge on any atom is -0.327 e. The van der Waals surface area contributed by atoms with Gasteiger partial charge in [-0.25, -0.2) is 9.36 Å². The van der Waals surface area contributed by atoms with Crippen LogP contribution in [0.4, 0.5) is 11.4 Å². The summed E-state index contributed by atoms with van der Waals surface area (Å²) in [5.41, 5.74) is 22.5. The lowest BCUT2D eigenvalue weighted by Gasteiger charge is -2.22. The van der Waals surface area contributed by atoms with E-state index in [1.807, 2.05) is 55.5 Å². The van der Waals surface area contributed by atoms with Crippen molar-refractivity contribution in [2.45, 2.75) is 57.5 Å². The molecule has 0 fully saturated rings. The molecule has 2 amide bonds. The van der Waals surface area contributed by atoms with Crippen molar-refractivity contribution in [3.8, 4) is 11.4 Å². The lowest BCUT2D eigenvalue weighted by Crippen LogP contribution is -2.27. The van der Waals surface area contributed by atoms with Crippen LogP contribution in [-0.4, -0.2) is 43.5 Å². The second-order valence-electron chi connectivity index (χ2n) is 13.7. The molecule has 0 saturated heterocycles. The van der Waals surface area contributed by atoms with Crippen molar-refractivity contribution in [1.82, 2.24) is 19.6 Å². The predicted molar refractivity (Wildman–Crippen MR) is 211 cm³/mol. The number of anilines is 2. The van der Waals surface area contributed by atoms with Crippen molar-refractivity contribution in [3.63, 3.8) is 0 Å². The molecule has 0 unspecified atom stereocenters. The third-order valence-corrected chi connectivity index (χ3v) is 10.4. The van der Waals surface area contributed by atoms with Crippen LogP contribution in [0.25, 0.3) is 11.4 Å². The number of hydrogen-bond acceptors (Lipinski definition) is 6. The molecule has 53 heavy (non-hydrogen) atoms. The average molecular weight is 748 g/mol. The summed E-state index contributed by atoms with van der Waals surface area (Å²) in [6.07, 6.45) is 12.2. The number of amides is 2. The molecule has 0 bridgehead atoms. The van der Waals surface area contributed by atoms with Crippen LogP contribution in [0.2, 0.25) is 10.0 Å². The minimum atomic E-state index is -0.214. The smallest absolute Gasteiger partial charge is 0.258 e. The number of hydrogen-bond donors (Lipinski definition) is 4. The molecule has 2 aromatic heterocycles. The van der Waals surface area contributed by atoms with Gasteiger partial charge in [-0.15, -0.1) is 0 Å². The first-order chi connectivity index (χ1) is 25.6. The zero-order chi connectivity index (χ0) is 37.1. The Kier molecular flexibility index (Phi) is 10.7. The van der Waals surface area contributed by atoms with E-state index < -0.39 is 0 Å². The number of nitrogens with two attached hydrogens (primary N) is 2. The normalized spacial score (nSPS) is 16.1. The molecular weight excluding hydrogens is 707 g/mol. The molecule has 2 heterocycles. The van der Waals surface area contributed by atoms with Crippen LogP contribution >= 0.6 is 23.2 Å². The Hall–Kier alpha value is -5.26. The summed E-state index contributed by atoms with van der Waals surface area (Å²) in [5, 5.41) is 15.3. The Bertz CT molecular complexity index is 2280. The SMILES string of the molecule is Cc1ccc(-n2cc(C(=O)Nc3ccc4c(c3)CC[C@H](N)C4)cn2)cc1.N[C@H]1CCc2cc(NC(=O)c3cnn(-c4ccc(Cl)c(Cl)c4)c3)ccc2C1. The molecule has 0 saturated carbocycles. The van der Waals surface area contributed by atoms with Crippen LogP contribution in [0, 0.1) is 6.92 Å². The van der Waals surface area contributed by atoms with Gasteiger partial charge in [-0.1, -0.05) is 53.0 Å². The van der Waals surface area contributed by atoms with E-state index in [1.54, 1.807) is 46.2 Å². The summed E-state index contributed by atoms with van der Waals surface area (Å²) in [6.45, 7) is 2.04. The maximum atomic E-state index is 12.6. The second kappa shape index (κ2) is 15.8. The fourth-order valence-corrected chi connectivity index (χ4v) is 6.91. The topological polar surface area (TPSA) is 146 Å². The summed E-state index contributed by atoms with van der Waals surface area (Å²) in [4.78, 5) is 25.1. The van der Waals surface area contributed by atoms with Gasteiger partial charge in [-0.2, -0.15) is 10.2 Å². The fourth-order valence-electron chi connectivity index (χ4n) is 6.62. The molecule has 270 valence electrons. The zero-order valence-electron chi connectivity index (χ0n) is 29.2. The van der Waals surface area contributed by atoms with E-state index in [0.29, 0.717) is 21.2 Å². The monoisotopic (exact) mass is 746 g/mol. The number of carbonyl (C=O) groups is 2. The Morgan fingerprint density at radius 1 is 0.642 bits per heavy atom. The maximum absolute atomic E-state index is 12.6. The van der Waals surface area contributed by atoms with Crippen molar-refractivity contribution < 1.29 is 9.59 Å². The van der Waals surface area contributed by atoms with Gasteiger partial charge in [0, 0.05) is 35.9 Å². The van der Waals surface area contributed by atoms with Gasteiger partial charge in [-0.05, 0) is 122 Å². The molecule has 0 radical (unpaired) electrons. The lowest BCUT2D eigenvalue weighted by molar-refractivity contribution is 0.101. The Morgan fingerprint density at radius 3 is 1.64 bits per heavy atom. The summed E-state index contributed by atoms with van der Waals surface area (Å²) in [5.74, 6) is -0.371.